The first kappa shape index (κ1) is 11.5. The maximum absolute atomic E-state index is 9.48. The Kier molecular flexibility index (Phi) is 3.95. The predicted molar refractivity (Wildman–Crippen MR) is 52.6 cm³/mol. The molecule has 2 unspecified atom stereocenters. The summed E-state index contributed by atoms with van der Waals surface area (Å²) in [4.78, 5) is 3.69. The summed E-state index contributed by atoms with van der Waals surface area (Å²) >= 11 is 10.9. The van der Waals surface area contributed by atoms with Crippen LogP contribution >= 0.6 is 23.2 Å². The minimum absolute atomic E-state index is 0.0781. The molecule has 4 nitrogen and oxygen atoms in total. The lowest BCUT2D eigenvalue weighted by Gasteiger charge is -2.15. The van der Waals surface area contributed by atoms with E-state index in [1.807, 2.05) is 0 Å². The number of pyridine rings is 1. The van der Waals surface area contributed by atoms with Crippen molar-refractivity contribution in [3.05, 3.63) is 23.0 Å². The normalized spacial score (nSPS) is 15.1. The molecule has 3 N–H and O–H groups in total. The van der Waals surface area contributed by atoms with Gasteiger partial charge in [0.25, 0.3) is 0 Å². The largest absolute Gasteiger partial charge is 0.506 e. The Balaban J connectivity index is 2.99. The molecule has 1 aromatic heterocycles. The number of hydrogen-bond donors (Lipinski definition) is 3. The summed E-state index contributed by atoms with van der Waals surface area (Å²) in [5.41, 5.74) is -0.0781. The van der Waals surface area contributed by atoms with Crippen molar-refractivity contribution in [2.75, 3.05) is 5.88 Å². The van der Waals surface area contributed by atoms with Gasteiger partial charge in [-0.05, 0) is 12.1 Å². The van der Waals surface area contributed by atoms with Crippen molar-refractivity contribution >= 4 is 23.2 Å². The van der Waals surface area contributed by atoms with Gasteiger partial charge in [-0.2, -0.15) is 0 Å². The minimum atomic E-state index is -1.34. The smallest absolute Gasteiger partial charge is 0.140 e. The van der Waals surface area contributed by atoms with Crippen molar-refractivity contribution in [1.82, 2.24) is 4.98 Å². The van der Waals surface area contributed by atoms with Gasteiger partial charge in [0.05, 0.1) is 12.0 Å². The first-order valence-corrected chi connectivity index (χ1v) is 4.75. The van der Waals surface area contributed by atoms with E-state index in [2.05, 4.69) is 4.98 Å². The predicted octanol–water partition coefficient (Wildman–Crippen LogP) is 1.07. The van der Waals surface area contributed by atoms with Crippen LogP contribution in [0.5, 0.6) is 5.75 Å². The van der Waals surface area contributed by atoms with Gasteiger partial charge >= 0.3 is 0 Å². The number of aromatic hydroxyl groups is 1. The summed E-state index contributed by atoms with van der Waals surface area (Å²) in [5, 5.41) is 28.1. The Morgan fingerprint density at radius 1 is 1.36 bits per heavy atom. The average molecular weight is 238 g/mol. The van der Waals surface area contributed by atoms with E-state index in [4.69, 9.17) is 23.2 Å². The fraction of sp³-hybridized carbons (Fsp3) is 0.375. The minimum Gasteiger partial charge on any atom is -0.506 e. The number of aliphatic hydroxyl groups is 2. The van der Waals surface area contributed by atoms with E-state index >= 15 is 0 Å². The molecule has 0 radical (unpaired) electrons. The van der Waals surface area contributed by atoms with Crippen LogP contribution < -0.4 is 0 Å². The average Bonchev–Trinajstić information content (AvgIpc) is 2.19. The maximum Gasteiger partial charge on any atom is 0.140 e. The van der Waals surface area contributed by atoms with E-state index < -0.39 is 12.2 Å². The topological polar surface area (TPSA) is 73.6 Å². The number of nitrogens with zero attached hydrogens (tertiary/aromatic N) is 1. The van der Waals surface area contributed by atoms with Crippen LogP contribution in [0.2, 0.25) is 5.15 Å². The summed E-state index contributed by atoms with van der Waals surface area (Å²) < 4.78 is 0. The van der Waals surface area contributed by atoms with Crippen LogP contribution in [-0.4, -0.2) is 32.3 Å². The molecule has 1 heterocycles. The highest BCUT2D eigenvalue weighted by Crippen LogP contribution is 2.26. The second-order valence-electron chi connectivity index (χ2n) is 2.70. The lowest BCUT2D eigenvalue weighted by molar-refractivity contribution is 0.0284. The molecule has 1 aromatic rings. The van der Waals surface area contributed by atoms with Crippen molar-refractivity contribution in [3.63, 3.8) is 0 Å². The molecular weight excluding hydrogens is 229 g/mol. The molecule has 2 atom stereocenters. The number of aromatic nitrogens is 1. The van der Waals surface area contributed by atoms with Crippen LogP contribution in [0.3, 0.4) is 0 Å². The van der Waals surface area contributed by atoms with E-state index in [1.165, 1.54) is 12.1 Å². The van der Waals surface area contributed by atoms with Crippen molar-refractivity contribution < 1.29 is 15.3 Å². The van der Waals surface area contributed by atoms with Gasteiger partial charge in [0.15, 0.2) is 0 Å². The van der Waals surface area contributed by atoms with Crippen molar-refractivity contribution in [2.45, 2.75) is 12.2 Å². The Labute approximate surface area is 90.7 Å². The number of aliphatic hydroxyl groups excluding tert-OH is 2. The highest BCUT2D eigenvalue weighted by Gasteiger charge is 2.22. The van der Waals surface area contributed by atoms with Crippen LogP contribution in [-0.2, 0) is 0 Å². The van der Waals surface area contributed by atoms with Gasteiger partial charge in [0, 0.05) is 0 Å². The molecule has 0 fully saturated rings. The van der Waals surface area contributed by atoms with E-state index in [0.717, 1.165) is 0 Å². The standard InChI is InChI=1S/C8H9Cl2NO3/c9-3-5(13)8(14)7-4(12)1-2-6(10)11-7/h1-2,5,8,12-14H,3H2. The zero-order valence-electron chi connectivity index (χ0n) is 7.06. The number of rotatable bonds is 3. The molecule has 0 bridgehead atoms. The Morgan fingerprint density at radius 2 is 2.00 bits per heavy atom. The third-order valence-electron chi connectivity index (χ3n) is 1.67. The van der Waals surface area contributed by atoms with Gasteiger partial charge < -0.3 is 15.3 Å². The SMILES string of the molecule is Oc1ccc(Cl)nc1C(O)C(O)CCl. The lowest BCUT2D eigenvalue weighted by Crippen LogP contribution is -2.20. The van der Waals surface area contributed by atoms with Gasteiger partial charge in [-0.1, -0.05) is 11.6 Å². The monoisotopic (exact) mass is 237 g/mol. The quantitative estimate of drug-likeness (QED) is 0.544. The van der Waals surface area contributed by atoms with Gasteiger partial charge in [0.1, 0.15) is 22.7 Å². The number of hydrogen-bond acceptors (Lipinski definition) is 4. The maximum atomic E-state index is 9.48. The van der Waals surface area contributed by atoms with Gasteiger partial charge in [-0.15, -0.1) is 11.6 Å². The van der Waals surface area contributed by atoms with Crippen LogP contribution in [0.25, 0.3) is 0 Å². The molecule has 0 spiro atoms. The van der Waals surface area contributed by atoms with Gasteiger partial charge in [-0.3, -0.25) is 0 Å². The molecular formula is C8H9Cl2NO3. The molecule has 0 aliphatic carbocycles. The first-order valence-electron chi connectivity index (χ1n) is 3.83. The Hall–Kier alpha value is -0.550. The lowest BCUT2D eigenvalue weighted by atomic mass is 10.1. The highest BCUT2D eigenvalue weighted by molar-refractivity contribution is 6.29. The molecule has 1 rings (SSSR count). The number of halogens is 2. The van der Waals surface area contributed by atoms with Gasteiger partial charge in [0.2, 0.25) is 0 Å². The molecule has 14 heavy (non-hydrogen) atoms. The molecule has 0 aliphatic rings. The Morgan fingerprint density at radius 3 is 2.57 bits per heavy atom. The fourth-order valence-electron chi connectivity index (χ4n) is 0.927. The molecule has 0 aliphatic heterocycles. The third kappa shape index (κ3) is 2.48. The second-order valence-corrected chi connectivity index (χ2v) is 3.40. The molecule has 6 heteroatoms. The van der Waals surface area contributed by atoms with Crippen LogP contribution in [0.4, 0.5) is 0 Å². The number of alkyl halides is 1. The summed E-state index contributed by atoms with van der Waals surface area (Å²) in [6.07, 6.45) is -2.53. The van der Waals surface area contributed by atoms with Gasteiger partial charge in [-0.25, -0.2) is 4.98 Å². The Bertz CT molecular complexity index is 321. The molecule has 0 saturated carbocycles. The first-order chi connectivity index (χ1) is 6.56. The van der Waals surface area contributed by atoms with Crippen molar-refractivity contribution in [2.24, 2.45) is 0 Å². The van der Waals surface area contributed by atoms with E-state index in [1.54, 1.807) is 0 Å². The van der Waals surface area contributed by atoms with Crippen LogP contribution in [0.1, 0.15) is 11.8 Å². The van der Waals surface area contributed by atoms with E-state index in [-0.39, 0.29) is 22.5 Å². The van der Waals surface area contributed by atoms with Crippen LogP contribution in [0, 0.1) is 0 Å². The molecule has 0 saturated heterocycles. The molecule has 0 amide bonds. The molecule has 0 aromatic carbocycles. The zero-order chi connectivity index (χ0) is 10.7. The van der Waals surface area contributed by atoms with E-state index in [9.17, 15) is 15.3 Å². The van der Waals surface area contributed by atoms with E-state index in [0.29, 0.717) is 0 Å². The van der Waals surface area contributed by atoms with Crippen molar-refractivity contribution in [3.8, 4) is 5.75 Å². The van der Waals surface area contributed by atoms with Crippen molar-refractivity contribution in [1.29, 1.82) is 0 Å². The highest BCUT2D eigenvalue weighted by atomic mass is 35.5. The summed E-state index contributed by atoms with van der Waals surface area (Å²) in [6.45, 7) is 0. The second kappa shape index (κ2) is 4.79. The zero-order valence-corrected chi connectivity index (χ0v) is 8.57. The van der Waals surface area contributed by atoms with Crippen LogP contribution in [0.15, 0.2) is 12.1 Å². The summed E-state index contributed by atoms with van der Waals surface area (Å²) in [5.74, 6) is -0.388. The summed E-state index contributed by atoms with van der Waals surface area (Å²) in [6, 6.07) is 2.66. The summed E-state index contributed by atoms with van der Waals surface area (Å²) in [7, 11) is 0. The third-order valence-corrected chi connectivity index (χ3v) is 2.20. The fourth-order valence-corrected chi connectivity index (χ4v) is 1.25. The molecule has 78 valence electrons.